The maximum atomic E-state index is 11.4. The van der Waals surface area contributed by atoms with Crippen LogP contribution in [0.25, 0.3) is 20.3 Å². The number of carboxylic acid groups (broad SMARTS) is 1. The number of rotatable bonds is 3. The van der Waals surface area contributed by atoms with Crippen LogP contribution in [-0.2, 0) is 0 Å². The van der Waals surface area contributed by atoms with E-state index in [0.29, 0.717) is 14.9 Å². The first-order valence-electron chi connectivity index (χ1n) is 5.69. The van der Waals surface area contributed by atoms with Crippen molar-refractivity contribution in [3.05, 3.63) is 52.5 Å². The van der Waals surface area contributed by atoms with Gasteiger partial charge in [-0.05, 0) is 11.6 Å². The van der Waals surface area contributed by atoms with E-state index in [1.165, 1.54) is 22.7 Å². The molecule has 20 heavy (non-hydrogen) atoms. The zero-order valence-corrected chi connectivity index (χ0v) is 12.4. The number of thiazole rings is 1. The largest absolute Gasteiger partial charge is 0.476 e. The lowest BCUT2D eigenvalue weighted by atomic mass is 10.1. The second kappa shape index (κ2) is 5.36. The first-order valence-corrected chi connectivity index (χ1v) is 7.76. The molecule has 100 valence electrons. The molecule has 0 amide bonds. The van der Waals surface area contributed by atoms with E-state index in [-0.39, 0.29) is 5.69 Å². The Morgan fingerprint density at radius 2 is 2.00 bits per heavy atom. The minimum atomic E-state index is -1.02. The summed E-state index contributed by atoms with van der Waals surface area (Å²) in [6.45, 7) is 0. The van der Waals surface area contributed by atoms with E-state index >= 15 is 0 Å². The Morgan fingerprint density at radius 1 is 1.25 bits per heavy atom. The molecule has 0 fully saturated rings. The Morgan fingerprint density at radius 3 is 2.60 bits per heavy atom. The van der Waals surface area contributed by atoms with Crippen LogP contribution in [0.4, 0.5) is 0 Å². The molecule has 0 unspecified atom stereocenters. The molecule has 0 spiro atoms. The van der Waals surface area contributed by atoms with E-state index in [4.69, 9.17) is 11.6 Å². The van der Waals surface area contributed by atoms with Crippen molar-refractivity contribution in [1.29, 1.82) is 0 Å². The number of nitrogens with zero attached hydrogens (tertiary/aromatic N) is 1. The van der Waals surface area contributed by atoms with Crippen LogP contribution in [0.5, 0.6) is 0 Å². The van der Waals surface area contributed by atoms with E-state index in [2.05, 4.69) is 4.98 Å². The SMILES string of the molecule is O=C(O)c1nc(-c2cc(Cl)cs2)sc1-c1ccccc1. The summed E-state index contributed by atoms with van der Waals surface area (Å²) < 4.78 is 0. The van der Waals surface area contributed by atoms with Crippen molar-refractivity contribution in [3.8, 4) is 20.3 Å². The standard InChI is InChI=1S/C14H8ClNO2S2/c15-9-6-10(19-7-9)13-16-11(14(17)18)12(20-13)8-4-2-1-3-5-8/h1-7H,(H,17,18). The van der Waals surface area contributed by atoms with Crippen molar-refractivity contribution >= 4 is 40.2 Å². The number of thiophene rings is 1. The minimum absolute atomic E-state index is 0.0840. The smallest absolute Gasteiger partial charge is 0.356 e. The van der Waals surface area contributed by atoms with Gasteiger partial charge in [-0.1, -0.05) is 41.9 Å². The van der Waals surface area contributed by atoms with Crippen LogP contribution in [0.1, 0.15) is 10.5 Å². The van der Waals surface area contributed by atoms with Gasteiger partial charge in [-0.3, -0.25) is 0 Å². The number of hydrogen-bond acceptors (Lipinski definition) is 4. The number of carbonyl (C=O) groups is 1. The molecule has 2 heterocycles. The molecule has 1 N–H and O–H groups in total. The summed E-state index contributed by atoms with van der Waals surface area (Å²) in [5.41, 5.74) is 0.942. The second-order valence-electron chi connectivity index (χ2n) is 4.00. The number of benzene rings is 1. The monoisotopic (exact) mass is 321 g/mol. The van der Waals surface area contributed by atoms with Gasteiger partial charge in [0.2, 0.25) is 0 Å². The third-order valence-corrected chi connectivity index (χ3v) is 5.20. The Bertz CT molecular complexity index is 765. The van der Waals surface area contributed by atoms with Gasteiger partial charge in [0.25, 0.3) is 0 Å². The minimum Gasteiger partial charge on any atom is -0.476 e. The van der Waals surface area contributed by atoms with Gasteiger partial charge in [-0.2, -0.15) is 0 Å². The molecule has 6 heteroatoms. The van der Waals surface area contributed by atoms with Crippen LogP contribution >= 0.6 is 34.3 Å². The molecule has 2 aromatic heterocycles. The van der Waals surface area contributed by atoms with E-state index in [9.17, 15) is 9.90 Å². The van der Waals surface area contributed by atoms with Gasteiger partial charge in [-0.15, -0.1) is 22.7 Å². The van der Waals surface area contributed by atoms with Gasteiger partial charge >= 0.3 is 5.97 Å². The van der Waals surface area contributed by atoms with Crippen LogP contribution in [0.15, 0.2) is 41.8 Å². The molecular formula is C14H8ClNO2S2. The molecule has 0 atom stereocenters. The molecule has 0 aliphatic heterocycles. The number of aromatic nitrogens is 1. The Balaban J connectivity index is 2.15. The first-order chi connectivity index (χ1) is 9.65. The van der Waals surface area contributed by atoms with Crippen LogP contribution in [0.2, 0.25) is 5.02 Å². The summed E-state index contributed by atoms with van der Waals surface area (Å²) >= 11 is 8.73. The summed E-state index contributed by atoms with van der Waals surface area (Å²) in [4.78, 5) is 17.2. The fraction of sp³-hybridized carbons (Fsp3) is 0. The lowest BCUT2D eigenvalue weighted by Gasteiger charge is -1.97. The highest BCUT2D eigenvalue weighted by molar-refractivity contribution is 7.23. The van der Waals surface area contributed by atoms with E-state index in [0.717, 1.165) is 10.4 Å². The molecule has 0 aliphatic carbocycles. The van der Waals surface area contributed by atoms with Gasteiger partial charge in [0.05, 0.1) is 14.8 Å². The van der Waals surface area contributed by atoms with Crippen LogP contribution in [0, 0.1) is 0 Å². The van der Waals surface area contributed by atoms with E-state index in [1.54, 1.807) is 11.4 Å². The molecule has 3 nitrogen and oxygen atoms in total. The fourth-order valence-electron chi connectivity index (χ4n) is 1.78. The average molecular weight is 322 g/mol. The fourth-order valence-corrected chi connectivity index (χ4v) is 3.98. The van der Waals surface area contributed by atoms with Crippen LogP contribution < -0.4 is 0 Å². The van der Waals surface area contributed by atoms with E-state index in [1.807, 2.05) is 30.3 Å². The number of hydrogen-bond donors (Lipinski definition) is 1. The van der Waals surface area contributed by atoms with Crippen LogP contribution in [-0.4, -0.2) is 16.1 Å². The third kappa shape index (κ3) is 2.47. The number of halogens is 1. The first kappa shape index (κ1) is 13.3. The highest BCUT2D eigenvalue weighted by Gasteiger charge is 2.20. The predicted octanol–water partition coefficient (Wildman–Crippen LogP) is 4.89. The summed E-state index contributed by atoms with van der Waals surface area (Å²) in [7, 11) is 0. The highest BCUT2D eigenvalue weighted by atomic mass is 35.5. The molecule has 0 saturated carbocycles. The zero-order chi connectivity index (χ0) is 14.1. The Labute approximate surface area is 128 Å². The molecule has 0 radical (unpaired) electrons. The van der Waals surface area contributed by atoms with Crippen molar-refractivity contribution in [2.75, 3.05) is 0 Å². The number of aromatic carboxylic acids is 1. The third-order valence-electron chi connectivity index (χ3n) is 2.64. The summed E-state index contributed by atoms with van der Waals surface area (Å²) in [5, 5.41) is 12.4. The lowest BCUT2D eigenvalue weighted by Crippen LogP contribution is -1.98. The van der Waals surface area contributed by atoms with Gasteiger partial charge in [-0.25, -0.2) is 9.78 Å². The Kier molecular flexibility index (Phi) is 3.56. The van der Waals surface area contributed by atoms with E-state index < -0.39 is 5.97 Å². The zero-order valence-electron chi connectivity index (χ0n) is 10.0. The number of carboxylic acids is 1. The molecule has 1 aromatic carbocycles. The predicted molar refractivity (Wildman–Crippen MR) is 82.8 cm³/mol. The normalized spacial score (nSPS) is 10.7. The highest BCUT2D eigenvalue weighted by Crippen LogP contribution is 2.38. The topological polar surface area (TPSA) is 50.2 Å². The van der Waals surface area contributed by atoms with Gasteiger partial charge in [0.1, 0.15) is 5.01 Å². The van der Waals surface area contributed by atoms with Crippen molar-refractivity contribution in [3.63, 3.8) is 0 Å². The van der Waals surface area contributed by atoms with Crippen molar-refractivity contribution in [1.82, 2.24) is 4.98 Å². The van der Waals surface area contributed by atoms with Gasteiger partial charge < -0.3 is 5.11 Å². The molecule has 0 aliphatic rings. The summed E-state index contributed by atoms with van der Waals surface area (Å²) in [6.07, 6.45) is 0. The molecule has 3 rings (SSSR count). The Hall–Kier alpha value is -1.69. The van der Waals surface area contributed by atoms with Gasteiger partial charge in [0.15, 0.2) is 5.69 Å². The van der Waals surface area contributed by atoms with Crippen molar-refractivity contribution < 1.29 is 9.90 Å². The van der Waals surface area contributed by atoms with Crippen LogP contribution in [0.3, 0.4) is 0 Å². The van der Waals surface area contributed by atoms with Crippen molar-refractivity contribution in [2.45, 2.75) is 0 Å². The molecule has 0 saturated heterocycles. The maximum absolute atomic E-state index is 11.4. The summed E-state index contributed by atoms with van der Waals surface area (Å²) in [5.74, 6) is -1.02. The lowest BCUT2D eigenvalue weighted by molar-refractivity contribution is 0.0692. The second-order valence-corrected chi connectivity index (χ2v) is 6.34. The molecule has 0 bridgehead atoms. The average Bonchev–Trinajstić information content (AvgIpc) is 3.05. The van der Waals surface area contributed by atoms with Gasteiger partial charge in [0, 0.05) is 5.38 Å². The molecule has 3 aromatic rings. The quantitative estimate of drug-likeness (QED) is 0.747. The van der Waals surface area contributed by atoms with Crippen molar-refractivity contribution in [2.24, 2.45) is 0 Å². The molecular weight excluding hydrogens is 314 g/mol. The summed E-state index contributed by atoms with van der Waals surface area (Å²) in [6, 6.07) is 11.2. The maximum Gasteiger partial charge on any atom is 0.356 e.